The van der Waals surface area contributed by atoms with E-state index < -0.39 is 10.0 Å². The standard InChI is InChI=1S/C12H17ClN2O2S.ClH/c1-9-11(13)3-2-4-12(9)18(16,17)15-7-5-10(14)6-8-15;/h2-4,10H,5-8,14H2,1H3;1H. The Kier molecular flexibility index (Phi) is 5.65. The highest BCUT2D eigenvalue weighted by Crippen LogP contribution is 2.27. The van der Waals surface area contributed by atoms with E-state index in [1.54, 1.807) is 25.1 Å². The van der Waals surface area contributed by atoms with Gasteiger partial charge in [-0.3, -0.25) is 0 Å². The zero-order valence-electron chi connectivity index (χ0n) is 10.7. The van der Waals surface area contributed by atoms with Gasteiger partial charge in [-0.2, -0.15) is 4.31 Å². The van der Waals surface area contributed by atoms with Crippen LogP contribution in [0.3, 0.4) is 0 Å². The molecule has 4 nitrogen and oxygen atoms in total. The van der Waals surface area contributed by atoms with E-state index in [9.17, 15) is 8.42 Å². The Morgan fingerprint density at radius 2 is 1.89 bits per heavy atom. The molecule has 108 valence electrons. The maximum Gasteiger partial charge on any atom is 0.243 e. The van der Waals surface area contributed by atoms with Crippen molar-refractivity contribution in [1.82, 2.24) is 4.31 Å². The van der Waals surface area contributed by atoms with Gasteiger partial charge in [0.15, 0.2) is 0 Å². The molecule has 1 fully saturated rings. The van der Waals surface area contributed by atoms with E-state index in [2.05, 4.69) is 0 Å². The molecular formula is C12H18Cl2N2O2S. The first-order valence-corrected chi connectivity index (χ1v) is 7.75. The van der Waals surface area contributed by atoms with Gasteiger partial charge < -0.3 is 5.73 Å². The van der Waals surface area contributed by atoms with E-state index in [4.69, 9.17) is 17.3 Å². The highest BCUT2D eigenvalue weighted by Gasteiger charge is 2.29. The van der Waals surface area contributed by atoms with Crippen LogP contribution in [-0.2, 0) is 10.0 Å². The van der Waals surface area contributed by atoms with Crippen molar-refractivity contribution in [2.24, 2.45) is 5.73 Å². The summed E-state index contributed by atoms with van der Waals surface area (Å²) >= 11 is 5.98. The number of benzene rings is 1. The lowest BCUT2D eigenvalue weighted by Gasteiger charge is -2.29. The van der Waals surface area contributed by atoms with Crippen LogP contribution in [0.15, 0.2) is 23.1 Å². The third kappa shape index (κ3) is 3.41. The van der Waals surface area contributed by atoms with E-state index >= 15 is 0 Å². The SMILES string of the molecule is Cc1c(Cl)cccc1S(=O)(=O)N1CCC(N)CC1.Cl. The fourth-order valence-electron chi connectivity index (χ4n) is 2.12. The van der Waals surface area contributed by atoms with Crippen molar-refractivity contribution < 1.29 is 8.42 Å². The summed E-state index contributed by atoms with van der Waals surface area (Å²) in [6, 6.07) is 5.07. The molecule has 1 aromatic carbocycles. The quantitative estimate of drug-likeness (QED) is 0.906. The predicted molar refractivity (Wildman–Crippen MR) is 79.4 cm³/mol. The molecular weight excluding hydrogens is 307 g/mol. The first-order valence-electron chi connectivity index (χ1n) is 5.94. The second kappa shape index (κ2) is 6.41. The molecule has 1 aliphatic heterocycles. The number of sulfonamides is 1. The Labute approximate surface area is 125 Å². The summed E-state index contributed by atoms with van der Waals surface area (Å²) < 4.78 is 26.5. The summed E-state index contributed by atoms with van der Waals surface area (Å²) in [5.41, 5.74) is 6.40. The summed E-state index contributed by atoms with van der Waals surface area (Å²) in [5, 5.41) is 0.477. The van der Waals surface area contributed by atoms with Gasteiger partial charge in [0.05, 0.1) is 4.90 Å². The van der Waals surface area contributed by atoms with E-state index in [-0.39, 0.29) is 18.4 Å². The van der Waals surface area contributed by atoms with Crippen LogP contribution in [0, 0.1) is 6.92 Å². The molecule has 0 unspecified atom stereocenters. The fraction of sp³-hybridized carbons (Fsp3) is 0.500. The average Bonchev–Trinajstić information content (AvgIpc) is 2.33. The molecule has 1 heterocycles. The lowest BCUT2D eigenvalue weighted by Crippen LogP contribution is -2.42. The van der Waals surface area contributed by atoms with Crippen molar-refractivity contribution >= 4 is 34.0 Å². The van der Waals surface area contributed by atoms with Crippen LogP contribution in [0.4, 0.5) is 0 Å². The number of hydrogen-bond acceptors (Lipinski definition) is 3. The van der Waals surface area contributed by atoms with Gasteiger partial charge in [0.25, 0.3) is 0 Å². The summed E-state index contributed by atoms with van der Waals surface area (Å²) in [7, 11) is -3.45. The molecule has 19 heavy (non-hydrogen) atoms. The molecule has 7 heteroatoms. The zero-order chi connectivity index (χ0) is 13.3. The molecule has 0 aliphatic carbocycles. The zero-order valence-corrected chi connectivity index (χ0v) is 13.1. The topological polar surface area (TPSA) is 63.4 Å². The average molecular weight is 325 g/mol. The Morgan fingerprint density at radius 3 is 2.47 bits per heavy atom. The van der Waals surface area contributed by atoms with E-state index in [1.165, 1.54) is 4.31 Å². The molecule has 2 N–H and O–H groups in total. The second-order valence-corrected chi connectivity index (χ2v) is 6.92. The molecule has 0 saturated carbocycles. The Morgan fingerprint density at radius 1 is 1.32 bits per heavy atom. The van der Waals surface area contributed by atoms with Crippen molar-refractivity contribution in [3.05, 3.63) is 28.8 Å². The first kappa shape index (κ1) is 16.7. The normalized spacial score (nSPS) is 18.1. The Balaban J connectivity index is 0.00000180. The van der Waals surface area contributed by atoms with Crippen molar-refractivity contribution in [2.45, 2.75) is 30.7 Å². The molecule has 1 aliphatic rings. The number of piperidine rings is 1. The number of nitrogens with two attached hydrogens (primary N) is 1. The smallest absolute Gasteiger partial charge is 0.243 e. The van der Waals surface area contributed by atoms with Crippen LogP contribution < -0.4 is 5.73 Å². The molecule has 2 rings (SSSR count). The minimum atomic E-state index is -3.45. The van der Waals surface area contributed by atoms with E-state index in [0.717, 1.165) is 0 Å². The minimum Gasteiger partial charge on any atom is -0.328 e. The Bertz CT molecular complexity index is 541. The lowest BCUT2D eigenvalue weighted by molar-refractivity contribution is 0.320. The van der Waals surface area contributed by atoms with E-state index in [0.29, 0.717) is 41.4 Å². The molecule has 1 aromatic rings. The minimum absolute atomic E-state index is 0. The summed E-state index contributed by atoms with van der Waals surface area (Å²) in [6.07, 6.45) is 1.41. The largest absolute Gasteiger partial charge is 0.328 e. The lowest BCUT2D eigenvalue weighted by atomic mass is 10.1. The maximum atomic E-state index is 12.5. The summed E-state index contributed by atoms with van der Waals surface area (Å²) in [6.45, 7) is 2.69. The van der Waals surface area contributed by atoms with Gasteiger partial charge in [-0.15, -0.1) is 12.4 Å². The first-order chi connectivity index (χ1) is 8.43. The fourth-order valence-corrected chi connectivity index (χ4v) is 4.07. The second-order valence-electron chi connectivity index (χ2n) is 4.60. The number of hydrogen-bond donors (Lipinski definition) is 1. The van der Waals surface area contributed by atoms with Gasteiger partial charge in [0.1, 0.15) is 0 Å². The van der Waals surface area contributed by atoms with Gasteiger partial charge >= 0.3 is 0 Å². The molecule has 0 aromatic heterocycles. The van der Waals surface area contributed by atoms with Gasteiger partial charge in [0, 0.05) is 24.2 Å². The highest BCUT2D eigenvalue weighted by molar-refractivity contribution is 7.89. The molecule has 1 saturated heterocycles. The van der Waals surface area contributed by atoms with Crippen molar-refractivity contribution in [3.63, 3.8) is 0 Å². The molecule has 0 bridgehead atoms. The van der Waals surface area contributed by atoms with Crippen molar-refractivity contribution in [2.75, 3.05) is 13.1 Å². The third-order valence-electron chi connectivity index (χ3n) is 3.33. The van der Waals surface area contributed by atoms with Crippen LogP contribution >= 0.6 is 24.0 Å². The molecule has 0 spiro atoms. The molecule has 0 radical (unpaired) electrons. The third-order valence-corrected chi connectivity index (χ3v) is 5.79. The number of nitrogens with zero attached hydrogens (tertiary/aromatic N) is 1. The number of halogens is 2. The van der Waals surface area contributed by atoms with Gasteiger partial charge in [-0.25, -0.2) is 8.42 Å². The molecule has 0 amide bonds. The van der Waals surface area contributed by atoms with Gasteiger partial charge in [-0.1, -0.05) is 17.7 Å². The highest BCUT2D eigenvalue weighted by atomic mass is 35.5. The van der Waals surface area contributed by atoms with Crippen LogP contribution in [0.5, 0.6) is 0 Å². The van der Waals surface area contributed by atoms with Crippen LogP contribution in [-0.4, -0.2) is 31.9 Å². The number of rotatable bonds is 2. The predicted octanol–water partition coefficient (Wildman–Crippen LogP) is 2.18. The van der Waals surface area contributed by atoms with Crippen LogP contribution in [0.25, 0.3) is 0 Å². The maximum absolute atomic E-state index is 12.5. The van der Waals surface area contributed by atoms with Crippen molar-refractivity contribution in [1.29, 1.82) is 0 Å². The monoisotopic (exact) mass is 324 g/mol. The summed E-state index contributed by atoms with van der Waals surface area (Å²) in [4.78, 5) is 0.297. The van der Waals surface area contributed by atoms with E-state index in [1.807, 2.05) is 0 Å². The van der Waals surface area contributed by atoms with Crippen molar-refractivity contribution in [3.8, 4) is 0 Å². The molecule has 0 atom stereocenters. The Hall–Kier alpha value is -0.330. The van der Waals surface area contributed by atoms with Gasteiger partial charge in [-0.05, 0) is 37.5 Å². The van der Waals surface area contributed by atoms with Crippen LogP contribution in [0.1, 0.15) is 18.4 Å². The summed E-state index contributed by atoms with van der Waals surface area (Å²) in [5.74, 6) is 0. The van der Waals surface area contributed by atoms with Crippen LogP contribution in [0.2, 0.25) is 5.02 Å². The van der Waals surface area contributed by atoms with Gasteiger partial charge in [0.2, 0.25) is 10.0 Å².